The van der Waals surface area contributed by atoms with Crippen LogP contribution < -0.4 is 14.8 Å². The second-order valence-corrected chi connectivity index (χ2v) is 9.54. The van der Waals surface area contributed by atoms with Gasteiger partial charge in [-0.3, -0.25) is 9.69 Å². The van der Waals surface area contributed by atoms with Gasteiger partial charge in [0, 0.05) is 12.6 Å². The molecule has 0 radical (unpaired) electrons. The molecular formula is C18H28FN3O6S. The van der Waals surface area contributed by atoms with E-state index < -0.39 is 28.2 Å². The minimum atomic E-state index is -3.57. The molecule has 0 spiro atoms. The molecule has 2 heterocycles. The number of carbonyl (C=O) groups excluding carboxylic acids is 1. The van der Waals surface area contributed by atoms with Crippen molar-refractivity contribution >= 4 is 15.9 Å². The van der Waals surface area contributed by atoms with Crippen LogP contribution in [0.5, 0.6) is 5.95 Å². The van der Waals surface area contributed by atoms with Gasteiger partial charge in [-0.2, -0.15) is 4.39 Å². The molecule has 11 heteroatoms. The first-order valence-electron chi connectivity index (χ1n) is 9.87. The number of amides is 1. The number of carbonyl (C=O) groups is 1. The summed E-state index contributed by atoms with van der Waals surface area (Å²) in [5, 5.41) is 12.0. The summed E-state index contributed by atoms with van der Waals surface area (Å²) in [5.74, 6) is -0.528. The Bertz CT molecular complexity index is 811. The van der Waals surface area contributed by atoms with Gasteiger partial charge < -0.3 is 19.6 Å². The van der Waals surface area contributed by atoms with Crippen LogP contribution >= 0.6 is 0 Å². The second kappa shape index (κ2) is 9.41. The van der Waals surface area contributed by atoms with Crippen molar-refractivity contribution in [3.63, 3.8) is 0 Å². The van der Waals surface area contributed by atoms with Crippen molar-refractivity contribution in [3.05, 3.63) is 17.6 Å². The third-order valence-corrected chi connectivity index (χ3v) is 6.48. The Morgan fingerprint density at radius 2 is 2.17 bits per heavy atom. The highest BCUT2D eigenvalue weighted by molar-refractivity contribution is 7.89. The van der Waals surface area contributed by atoms with E-state index in [1.807, 2.05) is 0 Å². The number of furan rings is 1. The summed E-state index contributed by atoms with van der Waals surface area (Å²) in [6, 6.07) is 0.427. The maximum atomic E-state index is 13.9. The van der Waals surface area contributed by atoms with Crippen molar-refractivity contribution in [2.75, 3.05) is 25.4 Å². The second-order valence-electron chi connectivity index (χ2n) is 7.67. The third kappa shape index (κ3) is 6.66. The number of halogens is 1. The molecule has 3 rings (SSSR count). The Labute approximate surface area is 169 Å². The van der Waals surface area contributed by atoms with Crippen molar-refractivity contribution in [3.8, 4) is 5.95 Å². The lowest BCUT2D eigenvalue weighted by Gasteiger charge is -2.17. The Balaban J connectivity index is 1.38. The van der Waals surface area contributed by atoms with Crippen LogP contribution in [-0.4, -0.2) is 56.1 Å². The molecule has 1 aliphatic carbocycles. The highest BCUT2D eigenvalue weighted by Crippen LogP contribution is 2.32. The van der Waals surface area contributed by atoms with E-state index in [0.29, 0.717) is 38.3 Å². The van der Waals surface area contributed by atoms with Gasteiger partial charge in [0.1, 0.15) is 5.76 Å². The van der Waals surface area contributed by atoms with Crippen molar-refractivity contribution < 1.29 is 31.9 Å². The van der Waals surface area contributed by atoms with Crippen LogP contribution in [0.4, 0.5) is 4.39 Å². The minimum Gasteiger partial charge on any atom is -0.463 e. The number of ether oxygens (including phenoxy) is 1. The molecule has 164 valence electrons. The highest BCUT2D eigenvalue weighted by Gasteiger charge is 2.27. The van der Waals surface area contributed by atoms with Crippen molar-refractivity contribution in [1.82, 2.24) is 14.9 Å². The molecule has 1 saturated carbocycles. The first-order chi connectivity index (χ1) is 13.7. The van der Waals surface area contributed by atoms with Crippen LogP contribution in [-0.2, 0) is 14.8 Å². The summed E-state index contributed by atoms with van der Waals surface area (Å²) in [6.45, 7) is 2.63. The molecule has 1 aliphatic heterocycles. The number of hydrogen-bond donors (Lipinski definition) is 3. The van der Waals surface area contributed by atoms with Gasteiger partial charge in [-0.1, -0.05) is 6.42 Å². The lowest BCUT2D eigenvalue weighted by Crippen LogP contribution is -2.36. The molecule has 29 heavy (non-hydrogen) atoms. The standard InChI is InChI=1S/C18H28FN3O6S/c1-12(15-9-14(19)17(28-15)27-11-13-5-6-13)21-29(25,26)8-4-2-3-7-22-10-16(23)20-18(22)24/h9,12-13,18,21,24H,2-8,10-11H2,1H3,(H,20,23)/t12-,18?/m1/s1. The maximum absolute atomic E-state index is 13.9. The molecule has 1 saturated heterocycles. The van der Waals surface area contributed by atoms with E-state index in [1.54, 1.807) is 11.8 Å². The van der Waals surface area contributed by atoms with Crippen molar-refractivity contribution in [1.29, 1.82) is 0 Å². The predicted molar refractivity (Wildman–Crippen MR) is 102 cm³/mol. The van der Waals surface area contributed by atoms with E-state index in [-0.39, 0.29) is 29.9 Å². The minimum absolute atomic E-state index is 0.0781. The smallest absolute Gasteiger partial charge is 0.322 e. The van der Waals surface area contributed by atoms with Crippen LogP contribution in [0.2, 0.25) is 0 Å². The van der Waals surface area contributed by atoms with Gasteiger partial charge in [0.05, 0.1) is 24.9 Å². The third-order valence-electron chi connectivity index (χ3n) is 4.95. The summed E-state index contributed by atoms with van der Waals surface area (Å²) in [7, 11) is -3.57. The lowest BCUT2D eigenvalue weighted by molar-refractivity contribution is -0.119. The zero-order valence-electron chi connectivity index (χ0n) is 16.4. The first-order valence-corrected chi connectivity index (χ1v) is 11.5. The molecule has 2 atom stereocenters. The summed E-state index contributed by atoms with van der Waals surface area (Å²) < 4.78 is 51.5. The number of nitrogens with zero attached hydrogens (tertiary/aromatic N) is 1. The largest absolute Gasteiger partial charge is 0.463 e. The number of rotatable bonds is 12. The van der Waals surface area contributed by atoms with Crippen LogP contribution in [0, 0.1) is 11.7 Å². The van der Waals surface area contributed by atoms with Gasteiger partial charge in [-0.05, 0) is 38.5 Å². The summed E-state index contributed by atoms with van der Waals surface area (Å²) in [5.41, 5.74) is 0. The van der Waals surface area contributed by atoms with Crippen LogP contribution in [0.1, 0.15) is 50.8 Å². The van der Waals surface area contributed by atoms with Crippen LogP contribution in [0.25, 0.3) is 0 Å². The number of nitrogens with one attached hydrogen (secondary N) is 2. The predicted octanol–water partition coefficient (Wildman–Crippen LogP) is 1.07. The number of hydrogen-bond acceptors (Lipinski definition) is 7. The highest BCUT2D eigenvalue weighted by atomic mass is 32.2. The van der Waals surface area contributed by atoms with Crippen LogP contribution in [0.3, 0.4) is 0 Å². The zero-order chi connectivity index (χ0) is 21.0. The monoisotopic (exact) mass is 433 g/mol. The fourth-order valence-electron chi connectivity index (χ4n) is 3.08. The summed E-state index contributed by atoms with van der Waals surface area (Å²) >= 11 is 0. The molecule has 1 unspecified atom stereocenters. The van der Waals surface area contributed by atoms with Gasteiger partial charge in [0.2, 0.25) is 21.7 Å². The Hall–Kier alpha value is -1.69. The Kier molecular flexibility index (Phi) is 7.14. The number of sulfonamides is 1. The van der Waals surface area contributed by atoms with Gasteiger partial charge in [0.25, 0.3) is 0 Å². The van der Waals surface area contributed by atoms with E-state index in [9.17, 15) is 22.7 Å². The lowest BCUT2D eigenvalue weighted by atomic mass is 10.2. The quantitative estimate of drug-likeness (QED) is 0.422. The van der Waals surface area contributed by atoms with E-state index in [2.05, 4.69) is 10.0 Å². The van der Waals surface area contributed by atoms with E-state index >= 15 is 0 Å². The fraction of sp³-hybridized carbons (Fsp3) is 0.722. The molecule has 2 aliphatic rings. The van der Waals surface area contributed by atoms with Gasteiger partial charge in [-0.15, -0.1) is 0 Å². The molecule has 2 fully saturated rings. The number of unbranched alkanes of at least 4 members (excludes halogenated alkanes) is 2. The Morgan fingerprint density at radius 1 is 1.41 bits per heavy atom. The maximum Gasteiger partial charge on any atom is 0.322 e. The van der Waals surface area contributed by atoms with E-state index in [1.165, 1.54) is 0 Å². The molecule has 1 amide bonds. The van der Waals surface area contributed by atoms with Gasteiger partial charge in [0.15, 0.2) is 6.35 Å². The van der Waals surface area contributed by atoms with E-state index in [4.69, 9.17) is 9.15 Å². The Morgan fingerprint density at radius 3 is 2.83 bits per heavy atom. The fourth-order valence-corrected chi connectivity index (χ4v) is 4.44. The van der Waals surface area contributed by atoms with Gasteiger partial charge >= 0.3 is 5.95 Å². The number of aliphatic hydroxyl groups excluding tert-OH is 1. The zero-order valence-corrected chi connectivity index (χ0v) is 17.2. The van der Waals surface area contributed by atoms with Crippen LogP contribution in [0.15, 0.2) is 10.5 Å². The molecule has 9 nitrogen and oxygen atoms in total. The normalized spacial score (nSPS) is 21.3. The first kappa shape index (κ1) is 22.0. The summed E-state index contributed by atoms with van der Waals surface area (Å²) in [4.78, 5) is 12.7. The molecule has 1 aromatic rings. The number of aliphatic hydroxyl groups is 1. The topological polar surface area (TPSA) is 121 Å². The average molecular weight is 434 g/mol. The molecular weight excluding hydrogens is 405 g/mol. The SMILES string of the molecule is C[C@@H](NS(=O)(=O)CCCCCN1CC(=O)NC1O)c1cc(F)c(OCC2CC2)o1. The molecule has 1 aromatic heterocycles. The molecule has 3 N–H and O–H groups in total. The summed E-state index contributed by atoms with van der Waals surface area (Å²) in [6.07, 6.45) is 2.87. The van der Waals surface area contributed by atoms with Crippen molar-refractivity contribution in [2.45, 2.75) is 51.4 Å². The van der Waals surface area contributed by atoms with Gasteiger partial charge in [-0.25, -0.2) is 13.1 Å². The average Bonchev–Trinajstić information content (AvgIpc) is 3.31. The van der Waals surface area contributed by atoms with Crippen molar-refractivity contribution in [2.24, 2.45) is 5.92 Å². The molecule has 0 bridgehead atoms. The van der Waals surface area contributed by atoms with E-state index in [0.717, 1.165) is 18.9 Å². The molecule has 0 aromatic carbocycles.